The van der Waals surface area contributed by atoms with E-state index < -0.39 is 7.60 Å². The van der Waals surface area contributed by atoms with Crippen LogP contribution in [-0.4, -0.2) is 18.9 Å². The van der Waals surface area contributed by atoms with Gasteiger partial charge >= 0.3 is 13.6 Å². The van der Waals surface area contributed by atoms with Gasteiger partial charge in [0, 0.05) is 17.9 Å². The molecule has 1 aliphatic rings. The minimum absolute atomic E-state index is 0.145. The van der Waals surface area contributed by atoms with Crippen LogP contribution in [0.25, 0.3) is 0 Å². The Hall–Kier alpha value is -2.63. The topological polar surface area (TPSA) is 71.1 Å². The summed E-state index contributed by atoms with van der Waals surface area (Å²) in [4.78, 5) is 12.8. The maximum atomic E-state index is 13.5. The van der Waals surface area contributed by atoms with Crippen molar-refractivity contribution in [3.8, 4) is 11.5 Å². The number of carbonyl (C=O) groups is 1. The maximum Gasteiger partial charge on any atom is 0.368 e. The average Bonchev–Trinajstić information content (AvgIpc) is 3.14. The van der Waals surface area contributed by atoms with Gasteiger partial charge in [0.15, 0.2) is 6.35 Å². The average molecular weight is 781 g/mol. The van der Waals surface area contributed by atoms with Gasteiger partial charge in [-0.25, -0.2) is 0 Å². The summed E-state index contributed by atoms with van der Waals surface area (Å²) < 4.78 is 36.9. The molecule has 0 amide bonds. The molecule has 8 heteroatoms. The molecule has 0 unspecified atom stereocenters. The van der Waals surface area contributed by atoms with Gasteiger partial charge in [0.05, 0.1) is 12.7 Å². The maximum absolute atomic E-state index is 13.5. The monoisotopic (exact) mass is 780 g/mol. The van der Waals surface area contributed by atoms with E-state index in [2.05, 4.69) is 46.8 Å². The third kappa shape index (κ3) is 15.1. The summed E-state index contributed by atoms with van der Waals surface area (Å²) in [7, 11) is -3.46. The van der Waals surface area contributed by atoms with E-state index in [-0.39, 0.29) is 24.3 Å². The molecule has 3 aromatic carbocycles. The Labute approximate surface area is 331 Å². The molecule has 0 aliphatic carbocycles. The molecule has 0 radical (unpaired) electrons. The SMILES string of the molecule is CCCCCCCCCCCCCCCCCC(=O)Oc1ccc(Cc2c(C)cc(OC[P@@]3(=O)OCC[C@@H](c4cccc(Cl)c4)O3)cc2C)cc1C(C)C. The molecule has 1 saturated heterocycles. The van der Waals surface area contributed by atoms with Gasteiger partial charge in [0.25, 0.3) is 0 Å². The minimum atomic E-state index is -3.46. The Kier molecular flexibility index (Phi) is 19.1. The second kappa shape index (κ2) is 23.4. The third-order valence-electron chi connectivity index (χ3n) is 10.5. The van der Waals surface area contributed by atoms with Gasteiger partial charge < -0.3 is 14.0 Å². The van der Waals surface area contributed by atoms with E-state index in [0.29, 0.717) is 36.0 Å². The van der Waals surface area contributed by atoms with Crippen molar-refractivity contribution in [1.29, 1.82) is 0 Å². The number of esters is 1. The molecule has 1 heterocycles. The molecule has 54 heavy (non-hydrogen) atoms. The van der Waals surface area contributed by atoms with E-state index in [4.69, 9.17) is 30.1 Å². The zero-order valence-electron chi connectivity index (χ0n) is 33.8. The highest BCUT2D eigenvalue weighted by atomic mass is 35.5. The van der Waals surface area contributed by atoms with Crippen molar-refractivity contribution >= 4 is 25.2 Å². The summed E-state index contributed by atoms with van der Waals surface area (Å²) in [6.45, 7) is 11.0. The van der Waals surface area contributed by atoms with Crippen LogP contribution in [0.1, 0.15) is 175 Å². The van der Waals surface area contributed by atoms with Crippen molar-refractivity contribution in [2.24, 2.45) is 0 Å². The minimum Gasteiger partial charge on any atom is -0.481 e. The number of aryl methyl sites for hydroxylation is 2. The second-order valence-electron chi connectivity index (χ2n) is 15.6. The molecule has 0 spiro atoms. The number of carbonyl (C=O) groups excluding carboxylic acids is 1. The van der Waals surface area contributed by atoms with Crippen molar-refractivity contribution in [3.63, 3.8) is 0 Å². The van der Waals surface area contributed by atoms with Gasteiger partial charge in [0.1, 0.15) is 11.5 Å². The van der Waals surface area contributed by atoms with Crippen LogP contribution in [-0.2, 0) is 24.8 Å². The molecule has 0 saturated carbocycles. The van der Waals surface area contributed by atoms with Gasteiger partial charge in [-0.3, -0.25) is 13.9 Å². The molecule has 4 rings (SSSR count). The number of benzene rings is 3. The summed E-state index contributed by atoms with van der Waals surface area (Å²) in [6.07, 6.45) is 20.8. The molecular weight excluding hydrogens is 715 g/mol. The number of halogens is 1. The molecular formula is C46H66ClO6P. The van der Waals surface area contributed by atoms with E-state index in [0.717, 1.165) is 47.1 Å². The standard InChI is InChI=1S/C46H66ClO6P/c1-6-7-8-9-10-11-12-13-14-15-16-17-18-19-20-24-46(48)52-45-26-25-38(31-42(45)35(2)3)32-43-36(4)29-41(30-37(43)5)50-34-54(49)51-28-27-44(53-54)39-22-21-23-40(47)33-39/h21-23,25-26,29-31,33,35,44H,6-20,24,27-28,32,34H2,1-5H3/t44-,54+/m0/s1. The van der Waals surface area contributed by atoms with E-state index in [9.17, 15) is 9.36 Å². The Morgan fingerprint density at radius 3 is 2.04 bits per heavy atom. The quantitative estimate of drug-likeness (QED) is 0.0390. The van der Waals surface area contributed by atoms with Crippen LogP contribution < -0.4 is 9.47 Å². The summed E-state index contributed by atoms with van der Waals surface area (Å²) >= 11 is 6.17. The summed E-state index contributed by atoms with van der Waals surface area (Å²) in [5.74, 6) is 1.35. The van der Waals surface area contributed by atoms with Crippen LogP contribution in [0.2, 0.25) is 5.02 Å². The number of rotatable bonds is 24. The largest absolute Gasteiger partial charge is 0.481 e. The Bertz CT molecular complexity index is 1610. The summed E-state index contributed by atoms with van der Waals surface area (Å²) in [5, 5.41) is 0.611. The molecule has 2 atom stereocenters. The molecule has 0 bridgehead atoms. The van der Waals surface area contributed by atoms with Crippen molar-refractivity contribution in [3.05, 3.63) is 93.0 Å². The van der Waals surface area contributed by atoms with Crippen molar-refractivity contribution in [2.75, 3.05) is 13.0 Å². The van der Waals surface area contributed by atoms with Crippen LogP contribution in [0.4, 0.5) is 0 Å². The van der Waals surface area contributed by atoms with Gasteiger partial charge in [-0.15, -0.1) is 0 Å². The smallest absolute Gasteiger partial charge is 0.368 e. The predicted molar refractivity (Wildman–Crippen MR) is 223 cm³/mol. The predicted octanol–water partition coefficient (Wildman–Crippen LogP) is 14.5. The second-order valence-corrected chi connectivity index (χ2v) is 18.0. The lowest BCUT2D eigenvalue weighted by Crippen LogP contribution is -2.17. The first-order valence-corrected chi connectivity index (χ1v) is 22.9. The van der Waals surface area contributed by atoms with E-state index >= 15 is 0 Å². The van der Waals surface area contributed by atoms with E-state index in [1.807, 2.05) is 36.4 Å². The van der Waals surface area contributed by atoms with Gasteiger partial charge in [0.2, 0.25) is 0 Å². The Morgan fingerprint density at radius 1 is 0.833 bits per heavy atom. The van der Waals surface area contributed by atoms with Crippen LogP contribution in [0, 0.1) is 13.8 Å². The lowest BCUT2D eigenvalue weighted by molar-refractivity contribution is -0.134. The molecule has 298 valence electrons. The Morgan fingerprint density at radius 2 is 1.44 bits per heavy atom. The molecule has 0 N–H and O–H groups in total. The number of ether oxygens (including phenoxy) is 2. The zero-order chi connectivity index (χ0) is 38.8. The highest BCUT2D eigenvalue weighted by Crippen LogP contribution is 2.56. The van der Waals surface area contributed by atoms with Crippen LogP contribution >= 0.6 is 19.2 Å². The highest BCUT2D eigenvalue weighted by molar-refractivity contribution is 7.53. The highest BCUT2D eigenvalue weighted by Gasteiger charge is 2.35. The fraction of sp³-hybridized carbons (Fsp3) is 0.587. The van der Waals surface area contributed by atoms with Crippen LogP contribution in [0.3, 0.4) is 0 Å². The number of unbranched alkanes of at least 4 members (excludes halogenated alkanes) is 14. The molecule has 0 aromatic heterocycles. The molecule has 1 aliphatic heterocycles. The van der Waals surface area contributed by atoms with E-state index in [1.165, 1.54) is 89.0 Å². The zero-order valence-corrected chi connectivity index (χ0v) is 35.4. The fourth-order valence-electron chi connectivity index (χ4n) is 7.32. The van der Waals surface area contributed by atoms with Crippen molar-refractivity contribution in [1.82, 2.24) is 0 Å². The first kappa shape index (κ1) is 44.1. The molecule has 6 nitrogen and oxygen atoms in total. The van der Waals surface area contributed by atoms with Crippen molar-refractivity contribution in [2.45, 2.75) is 162 Å². The summed E-state index contributed by atoms with van der Waals surface area (Å²) in [6, 6.07) is 17.6. The van der Waals surface area contributed by atoms with Gasteiger partial charge in [-0.1, -0.05) is 147 Å². The lowest BCUT2D eigenvalue weighted by Gasteiger charge is -2.30. The van der Waals surface area contributed by atoms with Crippen LogP contribution in [0.5, 0.6) is 11.5 Å². The van der Waals surface area contributed by atoms with Gasteiger partial charge in [-0.2, -0.15) is 0 Å². The van der Waals surface area contributed by atoms with Crippen LogP contribution in [0.15, 0.2) is 54.6 Å². The number of hydrogen-bond donors (Lipinski definition) is 0. The first-order valence-electron chi connectivity index (χ1n) is 20.8. The molecule has 1 fully saturated rings. The normalized spacial score (nSPS) is 17.2. The van der Waals surface area contributed by atoms with Gasteiger partial charge in [-0.05, 0) is 96.3 Å². The number of hydrogen-bond acceptors (Lipinski definition) is 6. The van der Waals surface area contributed by atoms with E-state index in [1.54, 1.807) is 6.07 Å². The molecule has 3 aromatic rings. The van der Waals surface area contributed by atoms with Crippen molar-refractivity contribution < 1.29 is 27.9 Å². The summed E-state index contributed by atoms with van der Waals surface area (Å²) in [5.41, 5.74) is 6.44. The fourth-order valence-corrected chi connectivity index (χ4v) is 9.02. The third-order valence-corrected chi connectivity index (χ3v) is 12.4. The lowest BCUT2D eigenvalue weighted by atomic mass is 9.93. The first-order chi connectivity index (χ1) is 26.1. The Balaban J connectivity index is 1.19.